The van der Waals surface area contributed by atoms with Crippen molar-refractivity contribution in [1.29, 1.82) is 0 Å². The number of hydrogen-bond acceptors (Lipinski definition) is 2. The van der Waals surface area contributed by atoms with Crippen LogP contribution in [-0.2, 0) is 12.8 Å². The lowest BCUT2D eigenvalue weighted by Gasteiger charge is -2.15. The molecule has 0 unspecified atom stereocenters. The molecule has 2 N–H and O–H groups in total. The van der Waals surface area contributed by atoms with Gasteiger partial charge in [-0.05, 0) is 56.5 Å². The van der Waals surface area contributed by atoms with Crippen molar-refractivity contribution < 1.29 is 0 Å². The molecule has 0 radical (unpaired) electrons. The van der Waals surface area contributed by atoms with E-state index in [1.165, 1.54) is 11.1 Å². The second kappa shape index (κ2) is 6.81. The maximum atomic E-state index is 6.33. The molecule has 98 valence electrons. The third-order valence-electron chi connectivity index (χ3n) is 3.33. The van der Waals surface area contributed by atoms with E-state index in [-0.39, 0.29) is 0 Å². The SMILES string of the molecule is C/C=C\CCNc1c(Cl)ccc2c1CCNCC2. The summed E-state index contributed by atoms with van der Waals surface area (Å²) in [5.74, 6) is 0. The van der Waals surface area contributed by atoms with Crippen LogP contribution < -0.4 is 10.6 Å². The van der Waals surface area contributed by atoms with Crippen LogP contribution in [0.25, 0.3) is 0 Å². The molecule has 1 aromatic carbocycles. The summed E-state index contributed by atoms with van der Waals surface area (Å²) >= 11 is 6.33. The Labute approximate surface area is 114 Å². The van der Waals surface area contributed by atoms with Crippen molar-refractivity contribution in [3.8, 4) is 0 Å². The van der Waals surface area contributed by atoms with E-state index < -0.39 is 0 Å². The second-order valence-corrected chi connectivity index (χ2v) is 5.00. The van der Waals surface area contributed by atoms with Crippen LogP contribution in [0.5, 0.6) is 0 Å². The van der Waals surface area contributed by atoms with Crippen molar-refractivity contribution in [2.24, 2.45) is 0 Å². The van der Waals surface area contributed by atoms with Crippen molar-refractivity contribution in [2.75, 3.05) is 25.0 Å². The second-order valence-electron chi connectivity index (χ2n) is 4.59. The Morgan fingerprint density at radius 1 is 1.33 bits per heavy atom. The van der Waals surface area contributed by atoms with Crippen LogP contribution in [0.15, 0.2) is 24.3 Å². The topological polar surface area (TPSA) is 24.1 Å². The fraction of sp³-hybridized carbons (Fsp3) is 0.467. The van der Waals surface area contributed by atoms with Crippen molar-refractivity contribution in [2.45, 2.75) is 26.2 Å². The third-order valence-corrected chi connectivity index (χ3v) is 3.65. The predicted octanol–water partition coefficient (Wildman–Crippen LogP) is 3.41. The van der Waals surface area contributed by atoms with Gasteiger partial charge in [-0.25, -0.2) is 0 Å². The molecule has 0 saturated carbocycles. The molecule has 0 spiro atoms. The molecule has 1 aliphatic rings. The predicted molar refractivity (Wildman–Crippen MR) is 79.7 cm³/mol. The summed E-state index contributed by atoms with van der Waals surface area (Å²) in [6, 6.07) is 4.19. The summed E-state index contributed by atoms with van der Waals surface area (Å²) in [7, 11) is 0. The quantitative estimate of drug-likeness (QED) is 0.643. The number of fused-ring (bicyclic) bond motifs is 1. The average molecular weight is 265 g/mol. The standard InChI is InChI=1S/C15H21ClN2/c1-2-3-4-9-18-15-13-8-11-17-10-7-12(13)5-6-14(15)16/h2-3,5-6,17-18H,4,7-11H2,1H3/b3-2-. The van der Waals surface area contributed by atoms with Crippen molar-refractivity contribution >= 4 is 17.3 Å². The molecule has 0 saturated heterocycles. The molecule has 3 heteroatoms. The molecular formula is C15H21ClN2. The van der Waals surface area contributed by atoms with Crippen LogP contribution in [0.2, 0.25) is 5.02 Å². The van der Waals surface area contributed by atoms with Gasteiger partial charge in [0.15, 0.2) is 0 Å². The lowest BCUT2D eigenvalue weighted by Crippen LogP contribution is -2.16. The maximum Gasteiger partial charge on any atom is 0.0640 e. The molecule has 1 heterocycles. The Morgan fingerprint density at radius 2 is 2.17 bits per heavy atom. The molecule has 18 heavy (non-hydrogen) atoms. The van der Waals surface area contributed by atoms with E-state index in [0.29, 0.717) is 0 Å². The average Bonchev–Trinajstić information content (AvgIpc) is 2.62. The first-order chi connectivity index (χ1) is 8.83. The zero-order valence-corrected chi connectivity index (χ0v) is 11.7. The van der Waals surface area contributed by atoms with E-state index in [1.807, 2.05) is 13.0 Å². The van der Waals surface area contributed by atoms with Crippen molar-refractivity contribution in [3.05, 3.63) is 40.4 Å². The first-order valence-electron chi connectivity index (χ1n) is 6.69. The Morgan fingerprint density at radius 3 is 3.00 bits per heavy atom. The largest absolute Gasteiger partial charge is 0.383 e. The number of anilines is 1. The van der Waals surface area contributed by atoms with Crippen LogP contribution >= 0.6 is 11.6 Å². The van der Waals surface area contributed by atoms with Gasteiger partial charge in [-0.3, -0.25) is 0 Å². The van der Waals surface area contributed by atoms with Gasteiger partial charge in [0.2, 0.25) is 0 Å². The normalized spacial score (nSPS) is 15.4. The number of rotatable bonds is 4. The summed E-state index contributed by atoms with van der Waals surface area (Å²) in [5, 5.41) is 7.77. The Balaban J connectivity index is 2.16. The van der Waals surface area contributed by atoms with Gasteiger partial charge < -0.3 is 10.6 Å². The van der Waals surface area contributed by atoms with Gasteiger partial charge in [-0.2, -0.15) is 0 Å². The Bertz CT molecular complexity index is 427. The van der Waals surface area contributed by atoms with E-state index >= 15 is 0 Å². The first-order valence-corrected chi connectivity index (χ1v) is 7.06. The molecule has 0 atom stereocenters. The van der Waals surface area contributed by atoms with E-state index in [9.17, 15) is 0 Å². The van der Waals surface area contributed by atoms with Gasteiger partial charge in [0.05, 0.1) is 10.7 Å². The van der Waals surface area contributed by atoms with Crippen LogP contribution in [0.1, 0.15) is 24.5 Å². The monoisotopic (exact) mass is 264 g/mol. The highest BCUT2D eigenvalue weighted by atomic mass is 35.5. The van der Waals surface area contributed by atoms with Gasteiger partial charge in [0, 0.05) is 6.54 Å². The molecule has 0 bridgehead atoms. The van der Waals surface area contributed by atoms with Gasteiger partial charge >= 0.3 is 0 Å². The number of halogens is 1. The summed E-state index contributed by atoms with van der Waals surface area (Å²) in [4.78, 5) is 0. The minimum atomic E-state index is 0.844. The van der Waals surface area contributed by atoms with Crippen molar-refractivity contribution in [1.82, 2.24) is 5.32 Å². The number of allylic oxidation sites excluding steroid dienone is 1. The molecule has 0 fully saturated rings. The highest BCUT2D eigenvalue weighted by Crippen LogP contribution is 2.30. The summed E-state index contributed by atoms with van der Waals surface area (Å²) in [5.41, 5.74) is 3.97. The fourth-order valence-electron chi connectivity index (χ4n) is 2.38. The van der Waals surface area contributed by atoms with E-state index in [4.69, 9.17) is 11.6 Å². The molecule has 1 aliphatic heterocycles. The summed E-state index contributed by atoms with van der Waals surface area (Å²) < 4.78 is 0. The highest BCUT2D eigenvalue weighted by molar-refractivity contribution is 6.33. The maximum absolute atomic E-state index is 6.33. The van der Waals surface area contributed by atoms with Crippen LogP contribution in [0.4, 0.5) is 5.69 Å². The molecule has 0 aliphatic carbocycles. The number of nitrogens with one attached hydrogen (secondary N) is 2. The summed E-state index contributed by atoms with van der Waals surface area (Å²) in [6.07, 6.45) is 7.44. The van der Waals surface area contributed by atoms with Gasteiger partial charge in [-0.15, -0.1) is 0 Å². The Kier molecular flexibility index (Phi) is 5.09. The lowest BCUT2D eigenvalue weighted by molar-refractivity contribution is 0.711. The molecular weight excluding hydrogens is 244 g/mol. The molecule has 2 rings (SSSR count). The minimum absolute atomic E-state index is 0.844. The van der Waals surface area contributed by atoms with Crippen LogP contribution in [0, 0.1) is 0 Å². The Hall–Kier alpha value is -0.990. The van der Waals surface area contributed by atoms with Gasteiger partial charge in [-0.1, -0.05) is 29.8 Å². The van der Waals surface area contributed by atoms with Gasteiger partial charge in [0.1, 0.15) is 0 Å². The lowest BCUT2D eigenvalue weighted by atomic mass is 10.0. The number of hydrogen-bond donors (Lipinski definition) is 2. The third kappa shape index (κ3) is 3.27. The van der Waals surface area contributed by atoms with E-state index in [1.54, 1.807) is 0 Å². The van der Waals surface area contributed by atoms with Crippen molar-refractivity contribution in [3.63, 3.8) is 0 Å². The molecule has 1 aromatic rings. The smallest absolute Gasteiger partial charge is 0.0640 e. The van der Waals surface area contributed by atoms with Crippen LogP contribution in [0.3, 0.4) is 0 Å². The zero-order chi connectivity index (χ0) is 12.8. The highest BCUT2D eigenvalue weighted by Gasteiger charge is 2.14. The van der Waals surface area contributed by atoms with E-state index in [0.717, 1.165) is 49.6 Å². The first kappa shape index (κ1) is 13.4. The minimum Gasteiger partial charge on any atom is -0.383 e. The molecule has 2 nitrogen and oxygen atoms in total. The fourth-order valence-corrected chi connectivity index (χ4v) is 2.63. The molecule has 0 aromatic heterocycles. The zero-order valence-electron chi connectivity index (χ0n) is 10.9. The van der Waals surface area contributed by atoms with E-state index in [2.05, 4.69) is 28.9 Å². The van der Waals surface area contributed by atoms with Gasteiger partial charge in [0.25, 0.3) is 0 Å². The molecule has 0 amide bonds. The number of benzene rings is 1. The van der Waals surface area contributed by atoms with Crippen LogP contribution in [-0.4, -0.2) is 19.6 Å². The summed E-state index contributed by atoms with van der Waals surface area (Å²) in [6.45, 7) is 5.09.